The zero-order valence-electron chi connectivity index (χ0n) is 12.3. The third-order valence-corrected chi connectivity index (χ3v) is 2.92. The fourth-order valence-corrected chi connectivity index (χ4v) is 1.77. The number of amides is 1. The predicted molar refractivity (Wildman–Crippen MR) is 78.9 cm³/mol. The van der Waals surface area contributed by atoms with E-state index in [4.69, 9.17) is 0 Å². The van der Waals surface area contributed by atoms with Crippen LogP contribution in [0, 0.1) is 5.82 Å². The van der Waals surface area contributed by atoms with Crippen LogP contribution in [0.2, 0.25) is 0 Å². The molecular formula is C15H24FN3O. The number of hydrogen-bond donors (Lipinski definition) is 2. The summed E-state index contributed by atoms with van der Waals surface area (Å²) >= 11 is 0. The van der Waals surface area contributed by atoms with Crippen molar-refractivity contribution in [2.45, 2.75) is 19.4 Å². The van der Waals surface area contributed by atoms with E-state index in [2.05, 4.69) is 15.5 Å². The SMILES string of the molecule is CN(C)CCCNCCC(=O)NCc1ccccc1F. The second kappa shape index (κ2) is 9.44. The first-order valence-electron chi connectivity index (χ1n) is 6.95. The molecule has 0 heterocycles. The number of benzene rings is 1. The van der Waals surface area contributed by atoms with Gasteiger partial charge in [0, 0.05) is 25.1 Å². The van der Waals surface area contributed by atoms with Crippen LogP contribution in [0.4, 0.5) is 4.39 Å². The van der Waals surface area contributed by atoms with Gasteiger partial charge in [-0.3, -0.25) is 4.79 Å². The van der Waals surface area contributed by atoms with Gasteiger partial charge in [0.15, 0.2) is 0 Å². The van der Waals surface area contributed by atoms with E-state index >= 15 is 0 Å². The van der Waals surface area contributed by atoms with Gasteiger partial charge in [-0.1, -0.05) is 18.2 Å². The smallest absolute Gasteiger partial charge is 0.221 e. The molecule has 0 aromatic heterocycles. The fourth-order valence-electron chi connectivity index (χ4n) is 1.77. The van der Waals surface area contributed by atoms with Gasteiger partial charge in [-0.15, -0.1) is 0 Å². The van der Waals surface area contributed by atoms with Gasteiger partial charge < -0.3 is 15.5 Å². The second-order valence-corrected chi connectivity index (χ2v) is 5.02. The van der Waals surface area contributed by atoms with E-state index < -0.39 is 0 Å². The van der Waals surface area contributed by atoms with Crippen molar-refractivity contribution in [1.29, 1.82) is 0 Å². The molecule has 1 amide bonds. The molecule has 1 aromatic rings. The lowest BCUT2D eigenvalue weighted by Gasteiger charge is -2.10. The maximum Gasteiger partial charge on any atom is 0.221 e. The Morgan fingerprint density at radius 2 is 2.00 bits per heavy atom. The van der Waals surface area contributed by atoms with Crippen LogP contribution >= 0.6 is 0 Å². The minimum atomic E-state index is -0.283. The van der Waals surface area contributed by atoms with E-state index in [9.17, 15) is 9.18 Å². The van der Waals surface area contributed by atoms with Gasteiger partial charge in [0.05, 0.1) is 0 Å². The summed E-state index contributed by atoms with van der Waals surface area (Å²) in [7, 11) is 4.08. The molecule has 0 aliphatic rings. The highest BCUT2D eigenvalue weighted by Gasteiger charge is 2.04. The van der Waals surface area contributed by atoms with Crippen molar-refractivity contribution in [1.82, 2.24) is 15.5 Å². The Bertz CT molecular complexity index is 410. The highest BCUT2D eigenvalue weighted by molar-refractivity contribution is 5.76. The van der Waals surface area contributed by atoms with Gasteiger partial charge in [0.2, 0.25) is 5.91 Å². The first-order valence-corrected chi connectivity index (χ1v) is 6.95. The molecule has 0 saturated heterocycles. The lowest BCUT2D eigenvalue weighted by atomic mass is 10.2. The van der Waals surface area contributed by atoms with Crippen molar-refractivity contribution in [3.63, 3.8) is 0 Å². The summed E-state index contributed by atoms with van der Waals surface area (Å²) in [5, 5.41) is 5.94. The van der Waals surface area contributed by atoms with Crippen LogP contribution in [-0.4, -0.2) is 44.5 Å². The number of halogens is 1. The van der Waals surface area contributed by atoms with E-state index in [1.54, 1.807) is 18.2 Å². The molecule has 20 heavy (non-hydrogen) atoms. The number of nitrogens with one attached hydrogen (secondary N) is 2. The Balaban J connectivity index is 2.08. The summed E-state index contributed by atoms with van der Waals surface area (Å²) < 4.78 is 13.3. The van der Waals surface area contributed by atoms with Crippen molar-refractivity contribution in [2.75, 3.05) is 33.7 Å². The molecule has 0 aliphatic heterocycles. The van der Waals surface area contributed by atoms with Crippen molar-refractivity contribution in [3.8, 4) is 0 Å². The van der Waals surface area contributed by atoms with Gasteiger partial charge in [0.1, 0.15) is 5.82 Å². The predicted octanol–water partition coefficient (Wildman–Crippen LogP) is 1.37. The van der Waals surface area contributed by atoms with Crippen molar-refractivity contribution in [3.05, 3.63) is 35.6 Å². The van der Waals surface area contributed by atoms with Gasteiger partial charge >= 0.3 is 0 Å². The lowest BCUT2D eigenvalue weighted by molar-refractivity contribution is -0.121. The standard InChI is InChI=1S/C15H24FN3O/c1-19(2)11-5-9-17-10-8-15(20)18-12-13-6-3-4-7-14(13)16/h3-4,6-7,17H,5,8-12H2,1-2H3,(H,18,20). The number of rotatable bonds is 9. The Morgan fingerprint density at radius 1 is 1.25 bits per heavy atom. The first-order chi connectivity index (χ1) is 9.59. The zero-order chi connectivity index (χ0) is 14.8. The van der Waals surface area contributed by atoms with Crippen molar-refractivity contribution >= 4 is 5.91 Å². The molecule has 5 heteroatoms. The Labute approximate surface area is 120 Å². The van der Waals surface area contributed by atoms with Crippen LogP contribution in [0.1, 0.15) is 18.4 Å². The molecule has 0 atom stereocenters. The maximum absolute atomic E-state index is 13.3. The molecule has 0 radical (unpaired) electrons. The van der Waals surface area contributed by atoms with Gasteiger partial charge in [-0.2, -0.15) is 0 Å². The van der Waals surface area contributed by atoms with E-state index in [0.717, 1.165) is 19.5 Å². The van der Waals surface area contributed by atoms with Gasteiger partial charge in [0.25, 0.3) is 0 Å². The molecule has 1 rings (SSSR count). The minimum Gasteiger partial charge on any atom is -0.352 e. The Kier molecular flexibility index (Phi) is 7.84. The second-order valence-electron chi connectivity index (χ2n) is 5.02. The minimum absolute atomic E-state index is 0.0617. The molecular weight excluding hydrogens is 257 g/mol. The third-order valence-electron chi connectivity index (χ3n) is 2.92. The van der Waals surface area contributed by atoms with E-state index in [1.807, 2.05) is 14.1 Å². The van der Waals surface area contributed by atoms with E-state index in [1.165, 1.54) is 6.07 Å². The molecule has 1 aromatic carbocycles. The quantitative estimate of drug-likeness (QED) is 0.672. The van der Waals surface area contributed by atoms with Crippen LogP contribution < -0.4 is 10.6 Å². The summed E-state index contributed by atoms with van der Waals surface area (Å²) in [4.78, 5) is 13.7. The monoisotopic (exact) mass is 281 g/mol. The first kappa shape index (κ1) is 16.6. The zero-order valence-corrected chi connectivity index (χ0v) is 12.3. The summed E-state index contributed by atoms with van der Waals surface area (Å²) in [6.07, 6.45) is 1.47. The summed E-state index contributed by atoms with van der Waals surface area (Å²) in [5.41, 5.74) is 0.514. The van der Waals surface area contributed by atoms with Crippen LogP contribution in [0.5, 0.6) is 0 Å². The molecule has 0 unspecified atom stereocenters. The maximum atomic E-state index is 13.3. The molecule has 0 spiro atoms. The number of hydrogen-bond acceptors (Lipinski definition) is 3. The molecule has 0 fully saturated rings. The van der Waals surface area contributed by atoms with Crippen molar-refractivity contribution < 1.29 is 9.18 Å². The summed E-state index contributed by atoms with van der Waals surface area (Å²) in [6.45, 7) is 2.83. The number of carbonyl (C=O) groups is 1. The van der Waals surface area contributed by atoms with E-state index in [-0.39, 0.29) is 18.3 Å². The summed E-state index contributed by atoms with van der Waals surface area (Å²) in [5.74, 6) is -0.344. The largest absolute Gasteiger partial charge is 0.352 e. The normalized spacial score (nSPS) is 10.8. The molecule has 2 N–H and O–H groups in total. The average molecular weight is 281 g/mol. The third kappa shape index (κ3) is 7.21. The molecule has 4 nitrogen and oxygen atoms in total. The highest BCUT2D eigenvalue weighted by Crippen LogP contribution is 2.05. The Morgan fingerprint density at radius 3 is 2.70 bits per heavy atom. The van der Waals surface area contributed by atoms with E-state index in [0.29, 0.717) is 18.5 Å². The van der Waals surface area contributed by atoms with Crippen LogP contribution in [-0.2, 0) is 11.3 Å². The number of carbonyl (C=O) groups excluding carboxylic acids is 1. The van der Waals surface area contributed by atoms with Crippen LogP contribution in [0.25, 0.3) is 0 Å². The lowest BCUT2D eigenvalue weighted by Crippen LogP contribution is -2.28. The molecule has 112 valence electrons. The molecule has 0 bridgehead atoms. The molecule has 0 saturated carbocycles. The van der Waals surface area contributed by atoms with Crippen molar-refractivity contribution in [2.24, 2.45) is 0 Å². The Hall–Kier alpha value is -1.46. The van der Waals surface area contributed by atoms with Crippen LogP contribution in [0.3, 0.4) is 0 Å². The van der Waals surface area contributed by atoms with Gasteiger partial charge in [-0.25, -0.2) is 4.39 Å². The average Bonchev–Trinajstić information content (AvgIpc) is 2.41. The summed E-state index contributed by atoms with van der Waals surface area (Å²) in [6, 6.07) is 6.47. The van der Waals surface area contributed by atoms with Gasteiger partial charge in [-0.05, 0) is 39.7 Å². The number of nitrogens with zero attached hydrogens (tertiary/aromatic N) is 1. The highest BCUT2D eigenvalue weighted by atomic mass is 19.1. The fraction of sp³-hybridized carbons (Fsp3) is 0.533. The van der Waals surface area contributed by atoms with Crippen LogP contribution in [0.15, 0.2) is 24.3 Å². The molecule has 0 aliphatic carbocycles. The topological polar surface area (TPSA) is 44.4 Å².